The van der Waals surface area contributed by atoms with Crippen molar-refractivity contribution in [3.8, 4) is 22.8 Å². The van der Waals surface area contributed by atoms with Crippen LogP contribution in [0.5, 0.6) is 0 Å². The summed E-state index contributed by atoms with van der Waals surface area (Å²) in [5.74, 6) is 1.18. The van der Waals surface area contributed by atoms with Crippen molar-refractivity contribution < 1.29 is 23.8 Å². The van der Waals surface area contributed by atoms with Gasteiger partial charge >= 0.3 is 11.9 Å². The number of carbonyl (C=O) groups excluding carboxylic acids is 2. The van der Waals surface area contributed by atoms with Gasteiger partial charge in [-0.05, 0) is 95.2 Å². The normalized spacial score (nSPS) is 13.0. The molecule has 6 rings (SSSR count). The highest BCUT2D eigenvalue weighted by Gasteiger charge is 2.25. The molecule has 0 radical (unpaired) electrons. The highest BCUT2D eigenvalue weighted by Crippen LogP contribution is 2.38. The molecule has 9 nitrogen and oxygen atoms in total. The van der Waals surface area contributed by atoms with Crippen molar-refractivity contribution in [1.29, 1.82) is 0 Å². The first-order valence-electron chi connectivity index (χ1n) is 28.7. The first-order chi connectivity index (χ1) is 36.7. The zero-order valence-corrected chi connectivity index (χ0v) is 46.2. The van der Waals surface area contributed by atoms with Crippen LogP contribution in [0.3, 0.4) is 0 Å². The molecule has 4 atom stereocenters. The van der Waals surface area contributed by atoms with Gasteiger partial charge in [-0.1, -0.05) is 217 Å². The van der Waals surface area contributed by atoms with E-state index in [0.29, 0.717) is 36.0 Å². The average Bonchev–Trinajstić information content (AvgIpc) is 3.46. The molecule has 0 fully saturated rings. The fraction of sp³-hybridized carbons (Fsp3) is 0.485. The molecule has 0 aliphatic carbocycles. The minimum Gasteiger partial charge on any atom is -0.462 e. The third-order valence-electron chi connectivity index (χ3n) is 14.6. The van der Waals surface area contributed by atoms with E-state index in [1.54, 1.807) is 0 Å². The first-order valence-corrected chi connectivity index (χ1v) is 28.7. The van der Waals surface area contributed by atoms with E-state index >= 15 is 0 Å². The van der Waals surface area contributed by atoms with Crippen molar-refractivity contribution in [3.05, 3.63) is 166 Å². The number of esters is 2. The number of ether oxygens (including phenoxy) is 3. The molecule has 0 aliphatic rings. The Kier molecular flexibility index (Phi) is 25.1. The number of hydrogen-bond acceptors (Lipinski definition) is 9. The summed E-state index contributed by atoms with van der Waals surface area (Å²) in [6.45, 7) is 13.6. The summed E-state index contributed by atoms with van der Waals surface area (Å²) >= 11 is 0. The molecule has 0 N–H and O–H groups in total. The summed E-state index contributed by atoms with van der Waals surface area (Å²) in [5, 5.41) is 0. The molecule has 0 saturated carbocycles. The first kappa shape index (κ1) is 58.2. The van der Waals surface area contributed by atoms with E-state index in [1.807, 2.05) is 97.6 Å². The van der Waals surface area contributed by atoms with Crippen LogP contribution in [-0.2, 0) is 27.1 Å². The average molecular weight is 1020 g/mol. The second-order valence-corrected chi connectivity index (χ2v) is 20.9. The number of unbranched alkanes of at least 4 members (excludes halogenated alkanes) is 14. The lowest BCUT2D eigenvalue weighted by atomic mass is 9.95. The van der Waals surface area contributed by atoms with E-state index in [4.69, 9.17) is 34.1 Å². The SMILES string of the molecule is CCCCCCCCCCc1cnc(-c2ccc(C(OC(c3ccc(C(=O)OCC(C)CC)cc3)c3ccc(-c4ncc(CCCCCCCCCC)cn4)cc3)c3ccc(C(=O)OCC(C)CC)cc3)cc2)nc1. The molecule has 2 aromatic heterocycles. The van der Waals surface area contributed by atoms with E-state index in [1.165, 1.54) is 89.9 Å². The second kappa shape index (κ2) is 32.4. The van der Waals surface area contributed by atoms with Crippen LogP contribution in [0.2, 0.25) is 0 Å². The maximum Gasteiger partial charge on any atom is 0.338 e. The summed E-state index contributed by atoms with van der Waals surface area (Å²) in [5.41, 5.74) is 8.61. The molecule has 0 saturated heterocycles. The topological polar surface area (TPSA) is 113 Å². The third kappa shape index (κ3) is 19.2. The molecule has 400 valence electrons. The highest BCUT2D eigenvalue weighted by atomic mass is 16.5. The second-order valence-electron chi connectivity index (χ2n) is 20.9. The van der Waals surface area contributed by atoms with Crippen molar-refractivity contribution in [2.24, 2.45) is 11.8 Å². The predicted molar refractivity (Wildman–Crippen MR) is 305 cm³/mol. The Morgan fingerprint density at radius 3 is 1.00 bits per heavy atom. The van der Waals surface area contributed by atoms with Gasteiger partial charge in [0.2, 0.25) is 0 Å². The lowest BCUT2D eigenvalue weighted by Crippen LogP contribution is -2.15. The molecule has 75 heavy (non-hydrogen) atoms. The highest BCUT2D eigenvalue weighted by molar-refractivity contribution is 5.90. The number of hydrogen-bond donors (Lipinski definition) is 0. The van der Waals surface area contributed by atoms with Crippen LogP contribution in [0.25, 0.3) is 22.8 Å². The molecule has 6 aromatic rings. The van der Waals surface area contributed by atoms with Crippen molar-refractivity contribution in [3.63, 3.8) is 0 Å². The molecule has 2 heterocycles. The summed E-state index contributed by atoms with van der Waals surface area (Å²) < 4.78 is 18.7. The zero-order chi connectivity index (χ0) is 53.0. The summed E-state index contributed by atoms with van der Waals surface area (Å²) in [6.07, 6.45) is 31.1. The number of benzene rings is 4. The zero-order valence-electron chi connectivity index (χ0n) is 46.2. The van der Waals surface area contributed by atoms with Crippen LogP contribution in [0.1, 0.15) is 223 Å². The summed E-state index contributed by atoms with van der Waals surface area (Å²) in [7, 11) is 0. The molecule has 0 bridgehead atoms. The number of carbonyl (C=O) groups is 2. The van der Waals surface area contributed by atoms with Gasteiger partial charge in [-0.15, -0.1) is 0 Å². The van der Waals surface area contributed by atoms with E-state index < -0.39 is 12.2 Å². The number of aryl methyl sites for hydroxylation is 2. The fourth-order valence-electron chi connectivity index (χ4n) is 9.07. The monoisotopic (exact) mass is 1010 g/mol. The number of aromatic nitrogens is 4. The van der Waals surface area contributed by atoms with Crippen LogP contribution in [0.15, 0.2) is 122 Å². The lowest BCUT2D eigenvalue weighted by Gasteiger charge is -2.27. The van der Waals surface area contributed by atoms with Crippen LogP contribution >= 0.6 is 0 Å². The Morgan fingerprint density at radius 1 is 0.400 bits per heavy atom. The van der Waals surface area contributed by atoms with E-state index in [0.717, 1.165) is 83.0 Å². The van der Waals surface area contributed by atoms with E-state index in [-0.39, 0.29) is 23.8 Å². The molecule has 9 heteroatoms. The molecule has 0 amide bonds. The standard InChI is InChI=1S/C66H86N4O5/c1-7-11-13-15-17-19-21-23-25-51-43-67-63(68-44-51)57-35-27-53(28-36-57)61(55-31-39-59(40-32-55)65(71)73-47-49(5)9-3)75-62(56-33-41-60(42-34-56)66(72)74-48-50(6)10-4)54-29-37-58(38-30-54)64-69-45-52(46-70-64)26-24-22-20-18-16-14-12-8-2/h27-46,49-50,61-62H,7-26,47-48H2,1-6H3. The van der Waals surface area contributed by atoms with Crippen LogP contribution in [-0.4, -0.2) is 45.1 Å². The predicted octanol–water partition coefficient (Wildman–Crippen LogP) is 17.3. The van der Waals surface area contributed by atoms with Gasteiger partial charge in [0.15, 0.2) is 11.6 Å². The molecule has 0 spiro atoms. The maximum atomic E-state index is 13.2. The molecule has 4 unspecified atom stereocenters. The number of nitrogens with zero attached hydrogens (tertiary/aromatic N) is 4. The van der Waals surface area contributed by atoms with Crippen molar-refractivity contribution in [2.75, 3.05) is 13.2 Å². The van der Waals surface area contributed by atoms with Gasteiger partial charge in [-0.2, -0.15) is 0 Å². The van der Waals surface area contributed by atoms with E-state index in [9.17, 15) is 9.59 Å². The minimum atomic E-state index is -0.582. The molecule has 0 aliphatic heterocycles. The Morgan fingerprint density at radius 2 is 0.693 bits per heavy atom. The largest absolute Gasteiger partial charge is 0.462 e. The quantitative estimate of drug-likeness (QED) is 0.0288. The van der Waals surface area contributed by atoms with Crippen molar-refractivity contribution in [1.82, 2.24) is 19.9 Å². The Balaban J connectivity index is 1.25. The van der Waals surface area contributed by atoms with Crippen LogP contribution < -0.4 is 0 Å². The van der Waals surface area contributed by atoms with Crippen LogP contribution in [0.4, 0.5) is 0 Å². The maximum absolute atomic E-state index is 13.2. The van der Waals surface area contributed by atoms with Crippen molar-refractivity contribution >= 4 is 11.9 Å². The van der Waals surface area contributed by atoms with Gasteiger partial charge in [0.1, 0.15) is 12.2 Å². The smallest absolute Gasteiger partial charge is 0.338 e. The van der Waals surface area contributed by atoms with Gasteiger partial charge in [0, 0.05) is 35.9 Å². The van der Waals surface area contributed by atoms with Crippen molar-refractivity contribution in [2.45, 2.75) is 182 Å². The van der Waals surface area contributed by atoms with Gasteiger partial charge in [-0.25, -0.2) is 29.5 Å². The molecule has 4 aromatic carbocycles. The minimum absolute atomic E-state index is 0.273. The number of rotatable bonds is 34. The lowest BCUT2D eigenvalue weighted by molar-refractivity contribution is 0.0306. The van der Waals surface area contributed by atoms with Gasteiger partial charge in [0.25, 0.3) is 0 Å². The third-order valence-corrected chi connectivity index (χ3v) is 14.6. The van der Waals surface area contributed by atoms with E-state index in [2.05, 4.69) is 65.8 Å². The Labute approximate surface area is 450 Å². The summed E-state index contributed by atoms with van der Waals surface area (Å²) in [4.78, 5) is 45.5. The van der Waals surface area contributed by atoms with Crippen LogP contribution in [0, 0.1) is 11.8 Å². The van der Waals surface area contributed by atoms with Gasteiger partial charge < -0.3 is 14.2 Å². The van der Waals surface area contributed by atoms with Gasteiger partial charge in [0.05, 0.1) is 24.3 Å². The summed E-state index contributed by atoms with van der Waals surface area (Å²) in [6, 6.07) is 31.5. The fourth-order valence-corrected chi connectivity index (χ4v) is 9.07. The van der Waals surface area contributed by atoms with Gasteiger partial charge in [-0.3, -0.25) is 0 Å². The Bertz CT molecular complexity index is 2350. The Hall–Kier alpha value is -6.06. The molecular weight excluding hydrogens is 929 g/mol. The molecular formula is C66H86N4O5.